The molecule has 0 atom stereocenters. The largest absolute Gasteiger partial charge is 0.493 e. The van der Waals surface area contributed by atoms with Gasteiger partial charge in [0.2, 0.25) is 0 Å². The highest BCUT2D eigenvalue weighted by molar-refractivity contribution is 9.09. The molecule has 2 amide bonds. The van der Waals surface area contributed by atoms with Crippen molar-refractivity contribution in [2.75, 3.05) is 30.9 Å². The number of aromatic nitrogens is 1. The standard InChI is InChI=1S/C25H30BrN3O4/c1-25(2,3)10-13-28-24(30)29-17-5-7-18(8-6-17)33-21-9-12-27-20-16-23(32-14-11-26)22(31-4)15-19(20)21/h5-9,12,15-16H,10-11,13-14H2,1-4H3,(H2,28,29,30). The Hall–Kier alpha value is -3.00. The minimum atomic E-state index is -0.224. The Kier molecular flexibility index (Phi) is 8.38. The number of carbonyl (C=O) groups excluding carboxylic acids is 1. The summed E-state index contributed by atoms with van der Waals surface area (Å²) in [6.07, 6.45) is 2.60. The molecule has 0 aliphatic heterocycles. The first-order chi connectivity index (χ1) is 15.8. The fourth-order valence-electron chi connectivity index (χ4n) is 3.10. The molecule has 0 saturated carbocycles. The second-order valence-electron chi connectivity index (χ2n) is 8.68. The Labute approximate surface area is 203 Å². The Morgan fingerprint density at radius 2 is 1.82 bits per heavy atom. The first kappa shape index (κ1) is 24.6. The number of alkyl halides is 1. The highest BCUT2D eigenvalue weighted by Crippen LogP contribution is 2.37. The maximum atomic E-state index is 12.1. The molecular formula is C25H30BrN3O4. The normalized spacial score (nSPS) is 11.2. The number of rotatable bonds is 9. The Balaban J connectivity index is 1.69. The molecular weight excluding hydrogens is 486 g/mol. The number of anilines is 1. The van der Waals surface area contributed by atoms with E-state index >= 15 is 0 Å². The number of pyridine rings is 1. The lowest BCUT2D eigenvalue weighted by atomic mass is 9.92. The topological polar surface area (TPSA) is 81.7 Å². The lowest BCUT2D eigenvalue weighted by molar-refractivity contribution is 0.250. The number of nitrogens with one attached hydrogen (secondary N) is 2. The summed E-state index contributed by atoms with van der Waals surface area (Å²) >= 11 is 3.36. The molecule has 0 radical (unpaired) electrons. The summed E-state index contributed by atoms with van der Waals surface area (Å²) in [5.41, 5.74) is 1.60. The lowest BCUT2D eigenvalue weighted by Crippen LogP contribution is -2.31. The number of benzene rings is 2. The molecule has 176 valence electrons. The van der Waals surface area contributed by atoms with Crippen molar-refractivity contribution in [1.29, 1.82) is 0 Å². The van der Waals surface area contributed by atoms with E-state index in [1.807, 2.05) is 24.3 Å². The average Bonchev–Trinajstić information content (AvgIpc) is 2.77. The van der Waals surface area contributed by atoms with Crippen molar-refractivity contribution in [2.45, 2.75) is 27.2 Å². The van der Waals surface area contributed by atoms with Crippen molar-refractivity contribution in [1.82, 2.24) is 10.3 Å². The minimum absolute atomic E-state index is 0.176. The van der Waals surface area contributed by atoms with E-state index in [9.17, 15) is 4.79 Å². The van der Waals surface area contributed by atoms with E-state index in [1.54, 1.807) is 31.5 Å². The molecule has 0 aliphatic carbocycles. The van der Waals surface area contributed by atoms with Crippen LogP contribution in [0.3, 0.4) is 0 Å². The zero-order chi connectivity index (χ0) is 23.8. The monoisotopic (exact) mass is 515 g/mol. The van der Waals surface area contributed by atoms with E-state index < -0.39 is 0 Å². The molecule has 0 unspecified atom stereocenters. The second kappa shape index (κ2) is 11.2. The van der Waals surface area contributed by atoms with Crippen LogP contribution in [0.25, 0.3) is 10.9 Å². The average molecular weight is 516 g/mol. The van der Waals surface area contributed by atoms with Gasteiger partial charge in [-0.1, -0.05) is 36.7 Å². The lowest BCUT2D eigenvalue weighted by Gasteiger charge is -2.18. The predicted octanol–water partition coefficient (Wildman–Crippen LogP) is 6.37. The summed E-state index contributed by atoms with van der Waals surface area (Å²) < 4.78 is 17.3. The molecule has 0 bridgehead atoms. The van der Waals surface area contributed by atoms with Crippen LogP contribution in [0, 0.1) is 5.41 Å². The van der Waals surface area contributed by atoms with E-state index in [0.717, 1.165) is 17.3 Å². The number of carbonyl (C=O) groups is 1. The highest BCUT2D eigenvalue weighted by Gasteiger charge is 2.13. The van der Waals surface area contributed by atoms with Gasteiger partial charge in [0.05, 0.1) is 19.2 Å². The van der Waals surface area contributed by atoms with Gasteiger partial charge in [0, 0.05) is 35.2 Å². The van der Waals surface area contributed by atoms with Gasteiger partial charge in [-0.2, -0.15) is 0 Å². The number of amides is 2. The summed E-state index contributed by atoms with van der Waals surface area (Å²) in [6, 6.07) is 12.5. The zero-order valence-electron chi connectivity index (χ0n) is 19.4. The number of hydrogen-bond acceptors (Lipinski definition) is 5. The van der Waals surface area contributed by atoms with Crippen LogP contribution in [-0.2, 0) is 0 Å². The summed E-state index contributed by atoms with van der Waals surface area (Å²) in [5, 5.41) is 7.24. The van der Waals surface area contributed by atoms with Gasteiger partial charge in [-0.15, -0.1) is 0 Å². The van der Waals surface area contributed by atoms with Crippen molar-refractivity contribution >= 4 is 38.6 Å². The number of fused-ring (bicyclic) bond motifs is 1. The summed E-state index contributed by atoms with van der Waals surface area (Å²) in [5.74, 6) is 2.52. The van der Waals surface area contributed by atoms with Crippen LogP contribution in [0.5, 0.6) is 23.0 Å². The molecule has 1 aromatic heterocycles. The summed E-state index contributed by atoms with van der Waals surface area (Å²) in [7, 11) is 1.60. The molecule has 0 saturated heterocycles. The van der Waals surface area contributed by atoms with Gasteiger partial charge >= 0.3 is 6.03 Å². The third-order valence-corrected chi connectivity index (χ3v) is 5.15. The highest BCUT2D eigenvalue weighted by atomic mass is 79.9. The molecule has 3 rings (SSSR count). The Morgan fingerprint density at radius 3 is 2.48 bits per heavy atom. The second-order valence-corrected chi connectivity index (χ2v) is 9.48. The summed E-state index contributed by atoms with van der Waals surface area (Å²) in [4.78, 5) is 16.5. The van der Waals surface area contributed by atoms with Crippen LogP contribution in [0.2, 0.25) is 0 Å². The van der Waals surface area contributed by atoms with E-state index in [0.29, 0.717) is 47.2 Å². The van der Waals surface area contributed by atoms with Crippen molar-refractivity contribution in [3.05, 3.63) is 48.7 Å². The quantitative estimate of drug-likeness (QED) is 0.323. The summed E-state index contributed by atoms with van der Waals surface area (Å²) in [6.45, 7) is 7.57. The van der Waals surface area contributed by atoms with Gasteiger partial charge in [0.25, 0.3) is 0 Å². The number of hydrogen-bond donors (Lipinski definition) is 2. The number of nitrogens with zero attached hydrogens (tertiary/aromatic N) is 1. The van der Waals surface area contributed by atoms with Crippen LogP contribution in [0.1, 0.15) is 27.2 Å². The molecule has 33 heavy (non-hydrogen) atoms. The van der Waals surface area contributed by atoms with Crippen LogP contribution in [-0.4, -0.2) is 36.6 Å². The van der Waals surface area contributed by atoms with Crippen molar-refractivity contribution in [3.8, 4) is 23.0 Å². The van der Waals surface area contributed by atoms with Crippen LogP contribution in [0.15, 0.2) is 48.7 Å². The van der Waals surface area contributed by atoms with E-state index in [4.69, 9.17) is 14.2 Å². The molecule has 2 aromatic carbocycles. The van der Waals surface area contributed by atoms with E-state index in [2.05, 4.69) is 52.3 Å². The van der Waals surface area contributed by atoms with E-state index in [-0.39, 0.29) is 11.4 Å². The Bertz CT molecular complexity index is 1080. The van der Waals surface area contributed by atoms with Gasteiger partial charge in [-0.05, 0) is 48.2 Å². The zero-order valence-corrected chi connectivity index (χ0v) is 21.0. The van der Waals surface area contributed by atoms with Crippen molar-refractivity contribution in [3.63, 3.8) is 0 Å². The third kappa shape index (κ3) is 7.25. The molecule has 0 spiro atoms. The molecule has 1 heterocycles. The SMILES string of the molecule is COc1cc2c(Oc3ccc(NC(=O)NCCC(C)(C)C)cc3)ccnc2cc1OCCBr. The maximum absolute atomic E-state index is 12.1. The van der Waals surface area contributed by atoms with Crippen molar-refractivity contribution < 1.29 is 19.0 Å². The smallest absolute Gasteiger partial charge is 0.319 e. The van der Waals surface area contributed by atoms with Gasteiger partial charge in [0.15, 0.2) is 11.5 Å². The van der Waals surface area contributed by atoms with Gasteiger partial charge in [0.1, 0.15) is 11.5 Å². The molecule has 2 N–H and O–H groups in total. The van der Waals surface area contributed by atoms with Crippen LogP contribution in [0.4, 0.5) is 10.5 Å². The minimum Gasteiger partial charge on any atom is -0.493 e. The fraction of sp³-hybridized carbons (Fsp3) is 0.360. The number of ether oxygens (including phenoxy) is 3. The molecule has 0 aliphatic rings. The first-order valence-electron chi connectivity index (χ1n) is 10.8. The molecule has 0 fully saturated rings. The predicted molar refractivity (Wildman–Crippen MR) is 135 cm³/mol. The molecule has 7 nitrogen and oxygen atoms in total. The maximum Gasteiger partial charge on any atom is 0.319 e. The molecule has 3 aromatic rings. The van der Waals surface area contributed by atoms with Crippen molar-refractivity contribution in [2.24, 2.45) is 5.41 Å². The van der Waals surface area contributed by atoms with Crippen LogP contribution >= 0.6 is 15.9 Å². The number of urea groups is 1. The van der Waals surface area contributed by atoms with Gasteiger partial charge in [-0.3, -0.25) is 4.98 Å². The van der Waals surface area contributed by atoms with E-state index in [1.165, 1.54) is 0 Å². The molecule has 8 heteroatoms. The Morgan fingerprint density at radius 1 is 1.06 bits per heavy atom. The van der Waals surface area contributed by atoms with Gasteiger partial charge < -0.3 is 24.8 Å². The van der Waals surface area contributed by atoms with Gasteiger partial charge in [-0.25, -0.2) is 4.79 Å². The number of methoxy groups -OCH3 is 1. The number of halogens is 1. The first-order valence-corrected chi connectivity index (χ1v) is 11.9. The van der Waals surface area contributed by atoms with Crippen LogP contribution < -0.4 is 24.8 Å². The fourth-order valence-corrected chi connectivity index (χ4v) is 3.26. The third-order valence-electron chi connectivity index (χ3n) is 4.82.